The minimum atomic E-state index is -0.873. The standard InChI is InChI=1S/C8H14N6O3/c1-4-6(12-14-10)8(16-2)17-5(7(4)15)3-11-13-9/h4-8,15H,3H2,1-2H3/t4?,5?,6-,7-,8-/m0/s1. The summed E-state index contributed by atoms with van der Waals surface area (Å²) < 4.78 is 10.4. The van der Waals surface area contributed by atoms with E-state index in [4.69, 9.17) is 20.5 Å². The lowest BCUT2D eigenvalue weighted by atomic mass is 9.89. The lowest BCUT2D eigenvalue weighted by molar-refractivity contribution is -0.233. The number of hydrogen-bond donors (Lipinski definition) is 1. The SMILES string of the molecule is CO[C@H]1OC(CN=[N+]=[N-])[C@@H](O)C(C)[C@@H]1N=[N+]=[N-]. The second kappa shape index (κ2) is 6.29. The first-order valence-corrected chi connectivity index (χ1v) is 5.07. The largest absolute Gasteiger partial charge is 0.390 e. The maximum atomic E-state index is 9.93. The highest BCUT2D eigenvalue weighted by molar-refractivity contribution is 4.92. The van der Waals surface area contributed by atoms with Crippen LogP contribution in [0, 0.1) is 5.92 Å². The molecule has 1 fully saturated rings. The van der Waals surface area contributed by atoms with Crippen LogP contribution in [0.3, 0.4) is 0 Å². The van der Waals surface area contributed by atoms with Crippen molar-refractivity contribution in [1.29, 1.82) is 0 Å². The average molecular weight is 242 g/mol. The van der Waals surface area contributed by atoms with Crippen LogP contribution in [0.2, 0.25) is 0 Å². The molecule has 9 heteroatoms. The molecule has 0 spiro atoms. The van der Waals surface area contributed by atoms with Crippen molar-refractivity contribution >= 4 is 0 Å². The second-order valence-electron chi connectivity index (χ2n) is 3.74. The minimum Gasteiger partial charge on any atom is -0.390 e. The Balaban J connectivity index is 2.84. The molecular formula is C8H14N6O3. The van der Waals surface area contributed by atoms with Gasteiger partial charge in [0, 0.05) is 16.9 Å². The van der Waals surface area contributed by atoms with Gasteiger partial charge in [0.25, 0.3) is 0 Å². The van der Waals surface area contributed by atoms with Crippen molar-refractivity contribution in [3.63, 3.8) is 0 Å². The fourth-order valence-electron chi connectivity index (χ4n) is 1.80. The van der Waals surface area contributed by atoms with Crippen LogP contribution in [-0.2, 0) is 9.47 Å². The number of azide groups is 2. The van der Waals surface area contributed by atoms with E-state index in [1.807, 2.05) is 0 Å². The molecule has 0 radical (unpaired) electrons. The fourth-order valence-corrected chi connectivity index (χ4v) is 1.80. The Kier molecular flexibility index (Phi) is 5.02. The minimum absolute atomic E-state index is 0.00482. The van der Waals surface area contributed by atoms with Gasteiger partial charge in [0.2, 0.25) is 0 Å². The van der Waals surface area contributed by atoms with Crippen molar-refractivity contribution < 1.29 is 14.6 Å². The molecule has 0 aromatic carbocycles. The Morgan fingerprint density at radius 1 is 1.41 bits per heavy atom. The number of hydrogen-bond acceptors (Lipinski definition) is 5. The number of ether oxygens (including phenoxy) is 2. The van der Waals surface area contributed by atoms with Gasteiger partial charge >= 0.3 is 0 Å². The summed E-state index contributed by atoms with van der Waals surface area (Å²) >= 11 is 0. The van der Waals surface area contributed by atoms with Crippen LogP contribution in [0.25, 0.3) is 20.9 Å². The van der Waals surface area contributed by atoms with E-state index in [0.29, 0.717) is 0 Å². The van der Waals surface area contributed by atoms with Crippen molar-refractivity contribution in [2.24, 2.45) is 16.1 Å². The van der Waals surface area contributed by atoms with Gasteiger partial charge in [0.05, 0.1) is 24.8 Å². The maximum Gasteiger partial charge on any atom is 0.166 e. The maximum absolute atomic E-state index is 9.93. The van der Waals surface area contributed by atoms with E-state index in [1.165, 1.54) is 7.11 Å². The van der Waals surface area contributed by atoms with E-state index in [-0.39, 0.29) is 12.5 Å². The first-order valence-electron chi connectivity index (χ1n) is 5.07. The molecule has 0 aliphatic carbocycles. The predicted molar refractivity (Wildman–Crippen MR) is 57.8 cm³/mol. The van der Waals surface area contributed by atoms with Crippen LogP contribution in [0.15, 0.2) is 10.2 Å². The van der Waals surface area contributed by atoms with Gasteiger partial charge in [-0.2, -0.15) is 0 Å². The molecule has 2 unspecified atom stereocenters. The molecule has 1 heterocycles. The Labute approximate surface area is 97.6 Å². The molecule has 0 aromatic heterocycles. The highest BCUT2D eigenvalue weighted by Crippen LogP contribution is 2.29. The van der Waals surface area contributed by atoms with Crippen molar-refractivity contribution in [2.45, 2.75) is 31.5 Å². The van der Waals surface area contributed by atoms with Gasteiger partial charge in [-0.25, -0.2) is 0 Å². The van der Waals surface area contributed by atoms with Crippen molar-refractivity contribution in [3.8, 4) is 0 Å². The number of methoxy groups -OCH3 is 1. The molecule has 17 heavy (non-hydrogen) atoms. The highest BCUT2D eigenvalue weighted by Gasteiger charge is 2.42. The quantitative estimate of drug-likeness (QED) is 0.452. The molecule has 9 nitrogen and oxygen atoms in total. The van der Waals surface area contributed by atoms with E-state index >= 15 is 0 Å². The van der Waals surface area contributed by atoms with Gasteiger partial charge in [0.1, 0.15) is 0 Å². The summed E-state index contributed by atoms with van der Waals surface area (Å²) in [4.78, 5) is 5.31. The molecule has 94 valence electrons. The summed E-state index contributed by atoms with van der Waals surface area (Å²) in [7, 11) is 1.42. The predicted octanol–water partition coefficient (Wildman–Crippen LogP) is 1.34. The summed E-state index contributed by atoms with van der Waals surface area (Å²) in [5, 5.41) is 16.8. The van der Waals surface area contributed by atoms with Gasteiger partial charge < -0.3 is 14.6 Å². The molecule has 5 atom stereocenters. The van der Waals surface area contributed by atoms with Gasteiger partial charge in [-0.1, -0.05) is 17.2 Å². The van der Waals surface area contributed by atoms with Crippen LogP contribution in [-0.4, -0.2) is 43.3 Å². The van der Waals surface area contributed by atoms with Crippen LogP contribution in [0.5, 0.6) is 0 Å². The fraction of sp³-hybridized carbons (Fsp3) is 1.00. The molecular weight excluding hydrogens is 228 g/mol. The molecule has 1 saturated heterocycles. The van der Waals surface area contributed by atoms with Crippen molar-refractivity contribution in [3.05, 3.63) is 20.9 Å². The zero-order valence-electron chi connectivity index (χ0n) is 9.54. The Morgan fingerprint density at radius 2 is 2.12 bits per heavy atom. The van der Waals surface area contributed by atoms with Gasteiger partial charge in [0.15, 0.2) is 6.29 Å². The number of nitrogens with zero attached hydrogens (tertiary/aromatic N) is 6. The summed E-state index contributed by atoms with van der Waals surface area (Å²) in [5.74, 6) is -0.344. The first kappa shape index (κ1) is 13.6. The Bertz CT molecular complexity index is 347. The van der Waals surface area contributed by atoms with Gasteiger partial charge in [-0.3, -0.25) is 0 Å². The van der Waals surface area contributed by atoms with E-state index in [2.05, 4.69) is 20.1 Å². The van der Waals surface area contributed by atoms with Crippen LogP contribution >= 0.6 is 0 Å². The monoisotopic (exact) mass is 242 g/mol. The van der Waals surface area contributed by atoms with Crippen LogP contribution in [0.1, 0.15) is 6.92 Å². The average Bonchev–Trinajstić information content (AvgIpc) is 2.34. The zero-order valence-corrected chi connectivity index (χ0v) is 9.54. The summed E-state index contributed by atoms with van der Waals surface area (Å²) in [5.41, 5.74) is 16.7. The second-order valence-corrected chi connectivity index (χ2v) is 3.74. The van der Waals surface area contributed by atoms with Crippen molar-refractivity contribution in [1.82, 2.24) is 0 Å². The summed E-state index contributed by atoms with van der Waals surface area (Å²) in [6, 6.07) is -0.609. The van der Waals surface area contributed by atoms with Crippen molar-refractivity contribution in [2.75, 3.05) is 13.7 Å². The molecule has 1 N–H and O–H groups in total. The third-order valence-electron chi connectivity index (χ3n) is 2.79. The van der Waals surface area contributed by atoms with Gasteiger partial charge in [-0.05, 0) is 17.0 Å². The molecule has 1 aliphatic rings. The molecule has 1 aliphatic heterocycles. The molecule has 0 saturated carbocycles. The van der Waals surface area contributed by atoms with E-state index in [9.17, 15) is 5.11 Å². The normalized spacial score (nSPS) is 36.8. The molecule has 0 bridgehead atoms. The summed E-state index contributed by atoms with van der Waals surface area (Å²) in [6.07, 6.45) is -2.28. The van der Waals surface area contributed by atoms with Gasteiger partial charge in [-0.15, -0.1) is 0 Å². The first-order chi connectivity index (χ1) is 8.15. The smallest absolute Gasteiger partial charge is 0.166 e. The molecule has 1 rings (SSSR count). The summed E-state index contributed by atoms with van der Waals surface area (Å²) in [6.45, 7) is 1.73. The Morgan fingerprint density at radius 3 is 2.65 bits per heavy atom. The van der Waals surface area contributed by atoms with E-state index < -0.39 is 24.5 Å². The lowest BCUT2D eigenvalue weighted by Gasteiger charge is -2.40. The number of rotatable bonds is 4. The topological polar surface area (TPSA) is 136 Å². The third-order valence-corrected chi connectivity index (χ3v) is 2.79. The van der Waals surface area contributed by atoms with Crippen LogP contribution in [0.4, 0.5) is 0 Å². The third kappa shape index (κ3) is 3.00. The van der Waals surface area contributed by atoms with Crippen LogP contribution < -0.4 is 0 Å². The highest BCUT2D eigenvalue weighted by atomic mass is 16.7. The lowest BCUT2D eigenvalue weighted by Crippen LogP contribution is -2.53. The zero-order chi connectivity index (χ0) is 12.8. The number of aliphatic hydroxyl groups excluding tert-OH is 1. The Hall–Kier alpha value is -1.50. The number of aliphatic hydroxyl groups is 1. The van der Waals surface area contributed by atoms with E-state index in [0.717, 1.165) is 0 Å². The van der Waals surface area contributed by atoms with E-state index in [1.54, 1.807) is 6.92 Å². The molecule has 0 amide bonds. The molecule has 0 aromatic rings.